The number of esters is 1. The molecular formula is C15H28N2O3. The number of likely N-dealkylation sites (tertiary alicyclic amines) is 1. The average molecular weight is 284 g/mol. The van der Waals surface area contributed by atoms with Crippen LogP contribution in [0.2, 0.25) is 0 Å². The quantitative estimate of drug-likeness (QED) is 0.768. The molecule has 1 atom stereocenters. The summed E-state index contributed by atoms with van der Waals surface area (Å²) in [5, 5.41) is 3.46. The van der Waals surface area contributed by atoms with Crippen LogP contribution in [0.3, 0.4) is 0 Å². The summed E-state index contributed by atoms with van der Waals surface area (Å²) in [5.41, 5.74) is -0.522. The zero-order chi connectivity index (χ0) is 14.6. The summed E-state index contributed by atoms with van der Waals surface area (Å²) in [6.45, 7) is 7.86. The van der Waals surface area contributed by atoms with E-state index in [1.807, 2.05) is 0 Å². The van der Waals surface area contributed by atoms with Crippen LogP contribution >= 0.6 is 0 Å². The second-order valence-corrected chi connectivity index (χ2v) is 6.22. The molecule has 1 unspecified atom stereocenters. The lowest BCUT2D eigenvalue weighted by Gasteiger charge is -2.42. The molecule has 116 valence electrons. The number of nitrogens with zero attached hydrogens (tertiary/aromatic N) is 1. The van der Waals surface area contributed by atoms with Gasteiger partial charge in [0.2, 0.25) is 0 Å². The van der Waals surface area contributed by atoms with E-state index in [0.717, 1.165) is 51.9 Å². The highest BCUT2D eigenvalue weighted by atomic mass is 16.5. The average Bonchev–Trinajstić information content (AvgIpc) is 2.98. The Hall–Kier alpha value is -0.650. The molecule has 0 bridgehead atoms. The van der Waals surface area contributed by atoms with Crippen molar-refractivity contribution in [1.29, 1.82) is 0 Å². The lowest BCUT2D eigenvalue weighted by molar-refractivity contribution is -0.151. The number of hydrogen-bond acceptors (Lipinski definition) is 5. The summed E-state index contributed by atoms with van der Waals surface area (Å²) in [5.74, 6) is -0.126. The number of carbonyl (C=O) groups is 1. The summed E-state index contributed by atoms with van der Waals surface area (Å²) in [7, 11) is 1.48. The van der Waals surface area contributed by atoms with Crippen molar-refractivity contribution < 1.29 is 14.3 Å². The van der Waals surface area contributed by atoms with Crippen molar-refractivity contribution in [3.63, 3.8) is 0 Å². The van der Waals surface area contributed by atoms with Gasteiger partial charge in [0.05, 0.1) is 13.2 Å². The molecule has 2 aliphatic rings. The van der Waals surface area contributed by atoms with Gasteiger partial charge < -0.3 is 14.4 Å². The molecule has 0 radical (unpaired) electrons. The number of nitrogens with one attached hydrogen (secondary N) is 1. The minimum absolute atomic E-state index is 0.126. The van der Waals surface area contributed by atoms with E-state index in [2.05, 4.69) is 24.1 Å². The third-order valence-corrected chi connectivity index (χ3v) is 4.65. The fourth-order valence-corrected chi connectivity index (χ4v) is 3.19. The van der Waals surface area contributed by atoms with Gasteiger partial charge in [-0.1, -0.05) is 0 Å². The van der Waals surface area contributed by atoms with Gasteiger partial charge in [-0.25, -0.2) is 0 Å². The standard InChI is InChI=1S/C15H28N2O3/c1-12(2)17-8-6-15(7-9-17,14(18)19-3)16-11-13-5-4-10-20-13/h12-13,16H,4-11H2,1-3H3. The van der Waals surface area contributed by atoms with Gasteiger partial charge in [0, 0.05) is 32.3 Å². The number of carbonyl (C=O) groups excluding carboxylic acids is 1. The topological polar surface area (TPSA) is 50.8 Å². The molecule has 2 saturated heterocycles. The third kappa shape index (κ3) is 3.51. The van der Waals surface area contributed by atoms with Gasteiger partial charge in [-0.3, -0.25) is 10.1 Å². The smallest absolute Gasteiger partial charge is 0.326 e. The maximum absolute atomic E-state index is 12.2. The number of ether oxygens (including phenoxy) is 2. The van der Waals surface area contributed by atoms with Crippen LogP contribution in [-0.4, -0.2) is 61.9 Å². The highest BCUT2D eigenvalue weighted by Gasteiger charge is 2.42. The van der Waals surface area contributed by atoms with Gasteiger partial charge in [0.25, 0.3) is 0 Å². The normalized spacial score (nSPS) is 26.9. The maximum atomic E-state index is 12.2. The van der Waals surface area contributed by atoms with Gasteiger partial charge in [0.1, 0.15) is 5.54 Å². The van der Waals surface area contributed by atoms with E-state index in [-0.39, 0.29) is 12.1 Å². The Kier molecular flexibility index (Phi) is 5.41. The molecule has 2 aliphatic heterocycles. The predicted molar refractivity (Wildman–Crippen MR) is 77.7 cm³/mol. The van der Waals surface area contributed by atoms with Gasteiger partial charge in [-0.2, -0.15) is 0 Å². The number of piperidine rings is 1. The van der Waals surface area contributed by atoms with E-state index in [4.69, 9.17) is 9.47 Å². The highest BCUT2D eigenvalue weighted by molar-refractivity contribution is 5.81. The fourth-order valence-electron chi connectivity index (χ4n) is 3.19. The number of methoxy groups -OCH3 is 1. The highest BCUT2D eigenvalue weighted by Crippen LogP contribution is 2.25. The maximum Gasteiger partial charge on any atom is 0.326 e. The first-order valence-corrected chi connectivity index (χ1v) is 7.76. The number of rotatable bonds is 5. The molecule has 1 N–H and O–H groups in total. The van der Waals surface area contributed by atoms with Crippen LogP contribution < -0.4 is 5.32 Å². The van der Waals surface area contributed by atoms with Crippen molar-refractivity contribution in [3.8, 4) is 0 Å². The van der Waals surface area contributed by atoms with Gasteiger partial charge in [-0.05, 0) is 39.5 Å². The molecular weight excluding hydrogens is 256 g/mol. The SMILES string of the molecule is COC(=O)C1(NCC2CCCO2)CCN(C(C)C)CC1. The molecule has 0 saturated carbocycles. The fraction of sp³-hybridized carbons (Fsp3) is 0.933. The molecule has 0 spiro atoms. The lowest BCUT2D eigenvalue weighted by atomic mass is 9.86. The predicted octanol–water partition coefficient (Wildman–Crippen LogP) is 1.17. The van der Waals surface area contributed by atoms with Gasteiger partial charge in [-0.15, -0.1) is 0 Å². The molecule has 0 aromatic heterocycles. The summed E-state index contributed by atoms with van der Waals surface area (Å²) < 4.78 is 10.7. The van der Waals surface area contributed by atoms with E-state index in [1.165, 1.54) is 7.11 Å². The molecule has 2 heterocycles. The minimum Gasteiger partial charge on any atom is -0.468 e. The molecule has 5 heteroatoms. The van der Waals surface area contributed by atoms with Crippen LogP contribution in [0.25, 0.3) is 0 Å². The lowest BCUT2D eigenvalue weighted by Crippen LogP contribution is -2.60. The van der Waals surface area contributed by atoms with E-state index in [0.29, 0.717) is 6.04 Å². The van der Waals surface area contributed by atoms with Crippen molar-refractivity contribution in [3.05, 3.63) is 0 Å². The van der Waals surface area contributed by atoms with E-state index in [1.54, 1.807) is 0 Å². The number of hydrogen-bond donors (Lipinski definition) is 1. The molecule has 0 aromatic rings. The van der Waals surface area contributed by atoms with Crippen LogP contribution in [-0.2, 0) is 14.3 Å². The van der Waals surface area contributed by atoms with Crippen molar-refractivity contribution in [1.82, 2.24) is 10.2 Å². The van der Waals surface area contributed by atoms with Crippen molar-refractivity contribution in [2.45, 2.75) is 57.2 Å². The minimum atomic E-state index is -0.522. The van der Waals surface area contributed by atoms with E-state index >= 15 is 0 Å². The van der Waals surface area contributed by atoms with E-state index < -0.39 is 5.54 Å². The van der Waals surface area contributed by atoms with Crippen molar-refractivity contribution in [2.75, 3.05) is 33.4 Å². The summed E-state index contributed by atoms with van der Waals surface area (Å²) in [4.78, 5) is 14.6. The molecule has 2 fully saturated rings. The van der Waals surface area contributed by atoms with Crippen LogP contribution in [0.5, 0.6) is 0 Å². The van der Waals surface area contributed by atoms with Crippen molar-refractivity contribution >= 4 is 5.97 Å². The van der Waals surface area contributed by atoms with E-state index in [9.17, 15) is 4.79 Å². The second kappa shape index (κ2) is 6.87. The van der Waals surface area contributed by atoms with Gasteiger partial charge in [0.15, 0.2) is 0 Å². The zero-order valence-electron chi connectivity index (χ0n) is 13.0. The largest absolute Gasteiger partial charge is 0.468 e. The Morgan fingerprint density at radius 3 is 2.65 bits per heavy atom. The summed E-state index contributed by atoms with van der Waals surface area (Å²) >= 11 is 0. The monoisotopic (exact) mass is 284 g/mol. The Labute approximate surface area is 122 Å². The molecule has 0 aromatic carbocycles. The Morgan fingerprint density at radius 1 is 1.45 bits per heavy atom. The van der Waals surface area contributed by atoms with Crippen molar-refractivity contribution in [2.24, 2.45) is 0 Å². The molecule has 5 nitrogen and oxygen atoms in total. The molecule has 0 amide bonds. The van der Waals surface area contributed by atoms with Crippen LogP contribution in [0.4, 0.5) is 0 Å². The summed E-state index contributed by atoms with van der Waals surface area (Å²) in [6.07, 6.45) is 4.08. The molecule has 0 aliphatic carbocycles. The van der Waals surface area contributed by atoms with Crippen LogP contribution in [0, 0.1) is 0 Å². The molecule has 2 rings (SSSR count). The van der Waals surface area contributed by atoms with Crippen LogP contribution in [0.15, 0.2) is 0 Å². The summed E-state index contributed by atoms with van der Waals surface area (Å²) in [6, 6.07) is 0.531. The second-order valence-electron chi connectivity index (χ2n) is 6.22. The Bertz CT molecular complexity index is 319. The zero-order valence-corrected chi connectivity index (χ0v) is 13.0. The molecule has 20 heavy (non-hydrogen) atoms. The van der Waals surface area contributed by atoms with Crippen LogP contribution in [0.1, 0.15) is 39.5 Å². The first-order chi connectivity index (χ1) is 9.57. The third-order valence-electron chi connectivity index (χ3n) is 4.65. The first-order valence-electron chi connectivity index (χ1n) is 7.76. The Balaban J connectivity index is 1.94. The first kappa shape index (κ1) is 15.7. The Morgan fingerprint density at radius 2 is 2.15 bits per heavy atom. The van der Waals surface area contributed by atoms with Gasteiger partial charge >= 0.3 is 5.97 Å².